The zero-order valence-electron chi connectivity index (χ0n) is 15.8. The van der Waals surface area contributed by atoms with Crippen molar-refractivity contribution in [1.82, 2.24) is 9.47 Å². The molecule has 0 spiro atoms. The highest BCUT2D eigenvalue weighted by molar-refractivity contribution is 5.98. The molecule has 0 aliphatic carbocycles. The van der Waals surface area contributed by atoms with Gasteiger partial charge in [0, 0.05) is 29.7 Å². The van der Waals surface area contributed by atoms with Crippen molar-refractivity contribution in [2.75, 3.05) is 33.0 Å². The standard InChI is InChI=1S/C20H22N2O6/c1-12-9-15(19(23)21-5-6-26-11-16(21)20(24)25)13(2)22(12)14-3-4-17-18(10-14)28-8-7-27-17/h3-4,9-10,16H,5-8,11H2,1-2H3,(H,24,25)/t16-/m0/s1. The zero-order chi connectivity index (χ0) is 19.8. The third-order valence-corrected chi connectivity index (χ3v) is 5.12. The first-order chi connectivity index (χ1) is 13.5. The van der Waals surface area contributed by atoms with Crippen LogP contribution in [-0.2, 0) is 9.53 Å². The van der Waals surface area contributed by atoms with Gasteiger partial charge < -0.3 is 28.8 Å². The van der Waals surface area contributed by atoms with Gasteiger partial charge in [0.15, 0.2) is 17.5 Å². The van der Waals surface area contributed by atoms with Gasteiger partial charge in [0.05, 0.1) is 18.8 Å². The minimum absolute atomic E-state index is 0.00196. The molecule has 2 aliphatic heterocycles. The number of aryl methyl sites for hydroxylation is 1. The first-order valence-electron chi connectivity index (χ1n) is 9.18. The summed E-state index contributed by atoms with van der Waals surface area (Å²) in [5, 5.41) is 9.42. The van der Waals surface area contributed by atoms with Crippen LogP contribution in [0.25, 0.3) is 5.69 Å². The van der Waals surface area contributed by atoms with E-state index >= 15 is 0 Å². The van der Waals surface area contributed by atoms with E-state index in [2.05, 4.69) is 0 Å². The van der Waals surface area contributed by atoms with Crippen LogP contribution in [0, 0.1) is 13.8 Å². The SMILES string of the molecule is Cc1cc(C(=O)N2CCOC[C@H]2C(=O)O)c(C)n1-c1ccc2c(c1)OCCO2. The number of carbonyl (C=O) groups excluding carboxylic acids is 1. The van der Waals surface area contributed by atoms with E-state index in [0.29, 0.717) is 36.9 Å². The molecule has 8 nitrogen and oxygen atoms in total. The Bertz CT molecular complexity index is 935. The molecule has 2 aromatic rings. The maximum absolute atomic E-state index is 13.1. The van der Waals surface area contributed by atoms with E-state index in [1.165, 1.54) is 4.90 Å². The summed E-state index contributed by atoms with van der Waals surface area (Å²) in [4.78, 5) is 26.0. The molecule has 0 bridgehead atoms. The number of benzene rings is 1. The summed E-state index contributed by atoms with van der Waals surface area (Å²) < 4.78 is 18.4. The molecule has 1 amide bonds. The fraction of sp³-hybridized carbons (Fsp3) is 0.400. The molecule has 1 aromatic heterocycles. The van der Waals surface area contributed by atoms with Crippen molar-refractivity contribution in [2.45, 2.75) is 19.9 Å². The van der Waals surface area contributed by atoms with Crippen molar-refractivity contribution in [3.8, 4) is 17.2 Å². The topological polar surface area (TPSA) is 90.2 Å². The lowest BCUT2D eigenvalue weighted by Gasteiger charge is -2.32. The Balaban J connectivity index is 1.69. The number of amides is 1. The van der Waals surface area contributed by atoms with Crippen LogP contribution in [0.5, 0.6) is 11.5 Å². The number of nitrogens with zero attached hydrogens (tertiary/aromatic N) is 2. The second-order valence-electron chi connectivity index (χ2n) is 6.88. The highest BCUT2D eigenvalue weighted by Gasteiger charge is 2.34. The van der Waals surface area contributed by atoms with Gasteiger partial charge in [-0.3, -0.25) is 4.79 Å². The fourth-order valence-electron chi connectivity index (χ4n) is 3.75. The molecule has 148 valence electrons. The van der Waals surface area contributed by atoms with E-state index in [9.17, 15) is 14.7 Å². The fourth-order valence-corrected chi connectivity index (χ4v) is 3.75. The Morgan fingerprint density at radius 1 is 1.07 bits per heavy atom. The number of hydrogen-bond acceptors (Lipinski definition) is 5. The number of ether oxygens (including phenoxy) is 3. The average Bonchev–Trinajstić information content (AvgIpc) is 3.01. The molecule has 1 atom stereocenters. The summed E-state index contributed by atoms with van der Waals surface area (Å²) in [5.74, 6) is 0.0101. The molecule has 0 unspecified atom stereocenters. The van der Waals surface area contributed by atoms with Gasteiger partial charge >= 0.3 is 5.97 Å². The Morgan fingerprint density at radius 2 is 1.82 bits per heavy atom. The molecule has 3 heterocycles. The van der Waals surface area contributed by atoms with Crippen molar-refractivity contribution in [2.24, 2.45) is 0 Å². The Labute approximate surface area is 162 Å². The number of carbonyl (C=O) groups is 2. The van der Waals surface area contributed by atoms with Crippen molar-refractivity contribution in [1.29, 1.82) is 0 Å². The van der Waals surface area contributed by atoms with Crippen LogP contribution in [0.3, 0.4) is 0 Å². The van der Waals surface area contributed by atoms with Gasteiger partial charge in [0.1, 0.15) is 13.2 Å². The largest absolute Gasteiger partial charge is 0.486 e. The lowest BCUT2D eigenvalue weighted by atomic mass is 10.1. The van der Waals surface area contributed by atoms with Crippen molar-refractivity contribution in [3.05, 3.63) is 41.2 Å². The van der Waals surface area contributed by atoms with Crippen LogP contribution in [0.2, 0.25) is 0 Å². The number of aliphatic carboxylic acids is 1. The number of fused-ring (bicyclic) bond motifs is 1. The highest BCUT2D eigenvalue weighted by Crippen LogP contribution is 2.33. The van der Waals surface area contributed by atoms with Crippen molar-refractivity contribution >= 4 is 11.9 Å². The lowest BCUT2D eigenvalue weighted by molar-refractivity contribution is -0.147. The predicted octanol–water partition coefficient (Wildman–Crippen LogP) is 1.79. The smallest absolute Gasteiger partial charge is 0.328 e. The number of carboxylic acid groups (broad SMARTS) is 1. The highest BCUT2D eigenvalue weighted by atomic mass is 16.6. The average molecular weight is 386 g/mol. The predicted molar refractivity (Wildman–Crippen MR) is 99.5 cm³/mol. The van der Waals surface area contributed by atoms with Crippen molar-refractivity contribution in [3.63, 3.8) is 0 Å². The number of rotatable bonds is 3. The van der Waals surface area contributed by atoms with Gasteiger partial charge in [-0.1, -0.05) is 0 Å². The monoisotopic (exact) mass is 386 g/mol. The van der Waals surface area contributed by atoms with Crippen LogP contribution >= 0.6 is 0 Å². The quantitative estimate of drug-likeness (QED) is 0.865. The van der Waals surface area contributed by atoms with Crippen LogP contribution in [0.1, 0.15) is 21.7 Å². The summed E-state index contributed by atoms with van der Waals surface area (Å²) in [6, 6.07) is 6.47. The number of hydrogen-bond donors (Lipinski definition) is 1. The molecule has 0 radical (unpaired) electrons. The first-order valence-corrected chi connectivity index (χ1v) is 9.18. The van der Waals surface area contributed by atoms with E-state index < -0.39 is 12.0 Å². The van der Waals surface area contributed by atoms with Crippen LogP contribution < -0.4 is 9.47 Å². The van der Waals surface area contributed by atoms with E-state index in [4.69, 9.17) is 14.2 Å². The van der Waals surface area contributed by atoms with Crippen LogP contribution in [-0.4, -0.2) is 65.5 Å². The third-order valence-electron chi connectivity index (χ3n) is 5.12. The molecule has 1 saturated heterocycles. The zero-order valence-corrected chi connectivity index (χ0v) is 15.8. The molecule has 2 aliphatic rings. The molecular weight excluding hydrogens is 364 g/mol. The summed E-state index contributed by atoms with van der Waals surface area (Å²) in [6.07, 6.45) is 0. The van der Waals surface area contributed by atoms with Crippen LogP contribution in [0.4, 0.5) is 0 Å². The van der Waals surface area contributed by atoms with Crippen LogP contribution in [0.15, 0.2) is 24.3 Å². The summed E-state index contributed by atoms with van der Waals surface area (Å²) in [7, 11) is 0. The third kappa shape index (κ3) is 3.09. The number of morpholine rings is 1. The summed E-state index contributed by atoms with van der Waals surface area (Å²) >= 11 is 0. The van der Waals surface area contributed by atoms with Gasteiger partial charge in [-0.15, -0.1) is 0 Å². The first kappa shape index (κ1) is 18.4. The molecule has 28 heavy (non-hydrogen) atoms. The maximum Gasteiger partial charge on any atom is 0.328 e. The van der Waals surface area contributed by atoms with E-state index in [-0.39, 0.29) is 19.1 Å². The Morgan fingerprint density at radius 3 is 2.57 bits per heavy atom. The number of aromatic nitrogens is 1. The molecule has 4 rings (SSSR count). The Kier molecular flexibility index (Phi) is 4.72. The normalized spacial score (nSPS) is 18.8. The van der Waals surface area contributed by atoms with Gasteiger partial charge in [0.25, 0.3) is 5.91 Å². The Hall–Kier alpha value is -3.00. The molecule has 1 fully saturated rings. The minimum atomic E-state index is -1.06. The number of carboxylic acids is 1. The lowest BCUT2D eigenvalue weighted by Crippen LogP contribution is -2.52. The molecule has 1 N–H and O–H groups in total. The minimum Gasteiger partial charge on any atom is -0.486 e. The van der Waals surface area contributed by atoms with Crippen molar-refractivity contribution < 1.29 is 28.9 Å². The summed E-state index contributed by atoms with van der Waals surface area (Å²) in [6.45, 7) is 5.37. The van der Waals surface area contributed by atoms with Gasteiger partial charge in [-0.25, -0.2) is 4.79 Å². The van der Waals surface area contributed by atoms with Gasteiger partial charge in [0.2, 0.25) is 0 Å². The molecule has 0 saturated carbocycles. The molecular formula is C20H22N2O6. The van der Waals surface area contributed by atoms with E-state index in [0.717, 1.165) is 17.1 Å². The van der Waals surface area contributed by atoms with E-state index in [1.54, 1.807) is 6.07 Å². The second-order valence-corrected chi connectivity index (χ2v) is 6.88. The van der Waals surface area contributed by atoms with E-state index in [1.807, 2.05) is 36.6 Å². The maximum atomic E-state index is 13.1. The second kappa shape index (κ2) is 7.20. The summed E-state index contributed by atoms with van der Waals surface area (Å²) in [5.41, 5.74) is 2.96. The van der Waals surface area contributed by atoms with Gasteiger partial charge in [-0.05, 0) is 32.0 Å². The molecule has 8 heteroatoms. The van der Waals surface area contributed by atoms with Gasteiger partial charge in [-0.2, -0.15) is 0 Å². The molecule has 1 aromatic carbocycles.